The van der Waals surface area contributed by atoms with Crippen molar-refractivity contribution in [1.29, 1.82) is 0 Å². The van der Waals surface area contributed by atoms with Crippen LogP contribution in [0.4, 0.5) is 0 Å². The van der Waals surface area contributed by atoms with Crippen LogP contribution < -0.4 is 10.7 Å². The summed E-state index contributed by atoms with van der Waals surface area (Å²) in [6, 6.07) is 10.4. The Morgan fingerprint density at radius 1 is 1.06 bits per heavy atom. The van der Waals surface area contributed by atoms with Crippen LogP contribution in [0.2, 0.25) is 0 Å². The fourth-order valence-corrected chi connectivity index (χ4v) is 6.48. The maximum absolute atomic E-state index is 13.1. The number of aromatic hydroxyl groups is 1. The zero-order chi connectivity index (χ0) is 21.6. The molecule has 6 rings (SSSR count). The Balaban J connectivity index is 1.23. The maximum Gasteiger partial charge on any atom is 0.262 e. The lowest BCUT2D eigenvalue weighted by molar-refractivity contribution is -0.148. The van der Waals surface area contributed by atoms with Gasteiger partial charge in [-0.05, 0) is 80.0 Å². The van der Waals surface area contributed by atoms with E-state index in [0.29, 0.717) is 23.3 Å². The molecule has 0 unspecified atom stereocenters. The molecule has 0 heterocycles. The van der Waals surface area contributed by atoms with E-state index in [9.17, 15) is 14.7 Å². The first kappa shape index (κ1) is 20.0. The molecule has 4 aliphatic rings. The molecule has 31 heavy (non-hydrogen) atoms. The third kappa shape index (κ3) is 3.68. The number of phenolic OH excluding ortho intramolecular Hbond substituents is 1. The quantitative estimate of drug-likeness (QED) is 0.510. The SMILES string of the molecule is C[C@H](NC(=O)C12CC3CC(CC(C3)C1)C2)C(=O)N/N=C\c1c(O)ccc2ccccc12. The number of carbonyl (C=O) groups excluding carboxylic acids is 2. The monoisotopic (exact) mass is 419 g/mol. The minimum absolute atomic E-state index is 0.0323. The first-order valence-electron chi connectivity index (χ1n) is 11.3. The van der Waals surface area contributed by atoms with Gasteiger partial charge in [0.25, 0.3) is 5.91 Å². The van der Waals surface area contributed by atoms with Gasteiger partial charge in [-0.25, -0.2) is 5.43 Å². The molecule has 4 bridgehead atoms. The van der Waals surface area contributed by atoms with E-state index < -0.39 is 6.04 Å². The zero-order valence-electron chi connectivity index (χ0n) is 17.8. The Kier molecular flexibility index (Phi) is 4.95. The molecular weight excluding hydrogens is 390 g/mol. The number of benzene rings is 2. The minimum atomic E-state index is -0.668. The first-order valence-corrected chi connectivity index (χ1v) is 11.3. The first-order chi connectivity index (χ1) is 14.9. The Morgan fingerprint density at radius 3 is 2.39 bits per heavy atom. The molecule has 0 saturated heterocycles. The van der Waals surface area contributed by atoms with Crippen LogP contribution in [0.3, 0.4) is 0 Å². The maximum atomic E-state index is 13.1. The molecule has 3 N–H and O–H groups in total. The highest BCUT2D eigenvalue weighted by Gasteiger charge is 2.54. The molecule has 4 fully saturated rings. The van der Waals surface area contributed by atoms with Gasteiger partial charge in [0.05, 0.1) is 6.21 Å². The van der Waals surface area contributed by atoms with E-state index in [1.807, 2.05) is 30.3 Å². The van der Waals surface area contributed by atoms with E-state index >= 15 is 0 Å². The second-order valence-electron chi connectivity index (χ2n) is 9.85. The number of phenols is 1. The van der Waals surface area contributed by atoms with Crippen LogP contribution in [0.25, 0.3) is 10.8 Å². The molecule has 2 aromatic carbocycles. The molecular formula is C25H29N3O3. The molecule has 4 saturated carbocycles. The van der Waals surface area contributed by atoms with E-state index in [2.05, 4.69) is 15.8 Å². The standard InChI is InChI=1S/C25H29N3O3/c1-15(27-24(31)25-11-16-8-17(12-25)10-18(9-16)13-25)23(30)28-26-14-21-20-5-3-2-4-19(20)6-7-22(21)29/h2-7,14-18,29H,8-13H2,1H3,(H,27,31)(H,28,30)/b26-14-/t15-,16?,17?,18?,25?/m0/s1. The average Bonchev–Trinajstić information content (AvgIpc) is 2.74. The number of amides is 2. The van der Waals surface area contributed by atoms with E-state index in [1.165, 1.54) is 25.5 Å². The number of hydrogen-bond donors (Lipinski definition) is 3. The number of hydrazone groups is 1. The Bertz CT molecular complexity index is 1030. The van der Waals surface area contributed by atoms with Crippen molar-refractivity contribution in [3.8, 4) is 5.75 Å². The molecule has 162 valence electrons. The van der Waals surface area contributed by atoms with Crippen LogP contribution in [0, 0.1) is 23.2 Å². The van der Waals surface area contributed by atoms with Crippen LogP contribution in [0.1, 0.15) is 51.0 Å². The van der Waals surface area contributed by atoms with E-state index in [-0.39, 0.29) is 23.0 Å². The predicted octanol–water partition coefficient (Wildman–Crippen LogP) is 3.72. The molecule has 0 aliphatic heterocycles. The van der Waals surface area contributed by atoms with Crippen molar-refractivity contribution in [2.75, 3.05) is 0 Å². The summed E-state index contributed by atoms with van der Waals surface area (Å²) < 4.78 is 0. The predicted molar refractivity (Wildman–Crippen MR) is 120 cm³/mol. The summed E-state index contributed by atoms with van der Waals surface area (Å²) in [4.78, 5) is 25.7. The van der Waals surface area contributed by atoms with Crippen molar-refractivity contribution in [3.63, 3.8) is 0 Å². The second kappa shape index (κ2) is 7.66. The van der Waals surface area contributed by atoms with E-state index in [4.69, 9.17) is 0 Å². The highest BCUT2D eigenvalue weighted by molar-refractivity contribution is 6.02. The van der Waals surface area contributed by atoms with Crippen LogP contribution in [0.5, 0.6) is 5.75 Å². The van der Waals surface area contributed by atoms with Crippen molar-refractivity contribution in [2.45, 2.75) is 51.5 Å². The summed E-state index contributed by atoms with van der Waals surface area (Å²) in [5.41, 5.74) is 2.78. The second-order valence-corrected chi connectivity index (χ2v) is 9.85. The third-order valence-corrected chi connectivity index (χ3v) is 7.58. The fraction of sp³-hybridized carbons (Fsp3) is 0.480. The topological polar surface area (TPSA) is 90.8 Å². The van der Waals surface area contributed by atoms with Gasteiger partial charge in [0, 0.05) is 11.0 Å². The normalized spacial score (nSPS) is 29.9. The molecule has 4 aliphatic carbocycles. The Labute approximate surface area is 182 Å². The summed E-state index contributed by atoms with van der Waals surface area (Å²) in [7, 11) is 0. The molecule has 0 spiro atoms. The van der Waals surface area contributed by atoms with Crippen molar-refractivity contribution in [1.82, 2.24) is 10.7 Å². The lowest BCUT2D eigenvalue weighted by atomic mass is 9.49. The molecule has 2 aromatic rings. The number of carbonyl (C=O) groups is 2. The average molecular weight is 420 g/mol. The van der Waals surface area contributed by atoms with Gasteiger partial charge in [0.1, 0.15) is 11.8 Å². The summed E-state index contributed by atoms with van der Waals surface area (Å²) >= 11 is 0. The lowest BCUT2D eigenvalue weighted by Gasteiger charge is -2.55. The van der Waals surface area contributed by atoms with Gasteiger partial charge < -0.3 is 10.4 Å². The van der Waals surface area contributed by atoms with Gasteiger partial charge >= 0.3 is 0 Å². The summed E-state index contributed by atoms with van der Waals surface area (Å²) in [5, 5.41) is 19.0. The highest BCUT2D eigenvalue weighted by Crippen LogP contribution is 2.60. The Morgan fingerprint density at radius 2 is 1.71 bits per heavy atom. The molecule has 1 atom stereocenters. The molecule has 0 radical (unpaired) electrons. The molecule has 6 heteroatoms. The number of rotatable bonds is 5. The van der Waals surface area contributed by atoms with Gasteiger partial charge in [-0.3, -0.25) is 9.59 Å². The summed E-state index contributed by atoms with van der Waals surface area (Å²) in [6.45, 7) is 1.69. The van der Waals surface area contributed by atoms with Crippen molar-refractivity contribution >= 4 is 28.8 Å². The number of nitrogens with zero attached hydrogens (tertiary/aromatic N) is 1. The number of nitrogens with one attached hydrogen (secondary N) is 2. The van der Waals surface area contributed by atoms with E-state index in [0.717, 1.165) is 30.0 Å². The zero-order valence-corrected chi connectivity index (χ0v) is 17.8. The summed E-state index contributed by atoms with van der Waals surface area (Å²) in [6.07, 6.45) is 8.19. The van der Waals surface area contributed by atoms with E-state index in [1.54, 1.807) is 13.0 Å². The van der Waals surface area contributed by atoms with Gasteiger partial charge in [-0.2, -0.15) is 5.10 Å². The van der Waals surface area contributed by atoms with Gasteiger partial charge in [0.15, 0.2) is 0 Å². The van der Waals surface area contributed by atoms with Crippen LogP contribution in [0.15, 0.2) is 41.5 Å². The van der Waals surface area contributed by atoms with Crippen LogP contribution in [-0.2, 0) is 9.59 Å². The molecule has 6 nitrogen and oxygen atoms in total. The van der Waals surface area contributed by atoms with Gasteiger partial charge in [-0.1, -0.05) is 30.3 Å². The van der Waals surface area contributed by atoms with Crippen molar-refractivity contribution in [3.05, 3.63) is 42.0 Å². The minimum Gasteiger partial charge on any atom is -0.507 e. The molecule has 0 aromatic heterocycles. The van der Waals surface area contributed by atoms with Crippen molar-refractivity contribution in [2.24, 2.45) is 28.3 Å². The van der Waals surface area contributed by atoms with Gasteiger partial charge in [-0.15, -0.1) is 0 Å². The number of fused-ring (bicyclic) bond motifs is 1. The van der Waals surface area contributed by atoms with Crippen LogP contribution >= 0.6 is 0 Å². The van der Waals surface area contributed by atoms with Crippen molar-refractivity contribution < 1.29 is 14.7 Å². The lowest BCUT2D eigenvalue weighted by Crippen LogP contribution is -2.56. The number of hydrogen-bond acceptors (Lipinski definition) is 4. The largest absolute Gasteiger partial charge is 0.507 e. The van der Waals surface area contributed by atoms with Crippen LogP contribution in [-0.4, -0.2) is 29.2 Å². The third-order valence-electron chi connectivity index (χ3n) is 7.58. The molecule has 2 amide bonds. The fourth-order valence-electron chi connectivity index (χ4n) is 6.48. The smallest absolute Gasteiger partial charge is 0.262 e. The van der Waals surface area contributed by atoms with Gasteiger partial charge in [0.2, 0.25) is 5.91 Å². The Hall–Kier alpha value is -2.89. The highest BCUT2D eigenvalue weighted by atomic mass is 16.3. The summed E-state index contributed by atoms with van der Waals surface area (Å²) in [5.74, 6) is 1.80.